The molecule has 3 rings (SSSR count). The summed E-state index contributed by atoms with van der Waals surface area (Å²) in [6.07, 6.45) is 4.14. The van der Waals surface area contributed by atoms with E-state index in [0.717, 1.165) is 0 Å². The fraction of sp³-hybridized carbons (Fsp3) is 0.333. The van der Waals surface area contributed by atoms with Gasteiger partial charge in [-0.25, -0.2) is 4.98 Å². The predicted octanol–water partition coefficient (Wildman–Crippen LogP) is 2.93. The van der Waals surface area contributed by atoms with Gasteiger partial charge in [-0.05, 0) is 25.1 Å². The molecule has 0 aliphatic carbocycles. The zero-order valence-electron chi connectivity index (χ0n) is 13.9. The van der Waals surface area contributed by atoms with Gasteiger partial charge >= 0.3 is 0 Å². The number of amides is 1. The Morgan fingerprint density at radius 3 is 2.84 bits per heavy atom. The summed E-state index contributed by atoms with van der Waals surface area (Å²) in [5.74, 6) is 0.850. The van der Waals surface area contributed by atoms with Crippen LogP contribution in [-0.4, -0.2) is 30.7 Å². The average Bonchev–Trinajstić information content (AvgIpc) is 3.16. The quantitative estimate of drug-likeness (QED) is 0.811. The Balaban J connectivity index is 1.56. The van der Waals surface area contributed by atoms with Crippen molar-refractivity contribution in [3.63, 3.8) is 0 Å². The summed E-state index contributed by atoms with van der Waals surface area (Å²) < 4.78 is 21.8. The van der Waals surface area contributed by atoms with Crippen LogP contribution in [-0.2, 0) is 14.3 Å². The van der Waals surface area contributed by atoms with E-state index in [9.17, 15) is 4.79 Å². The third-order valence-corrected chi connectivity index (χ3v) is 3.77. The van der Waals surface area contributed by atoms with E-state index in [1.165, 1.54) is 6.20 Å². The van der Waals surface area contributed by atoms with Gasteiger partial charge < -0.3 is 23.9 Å². The molecule has 25 heavy (non-hydrogen) atoms. The first kappa shape index (κ1) is 17.2. The van der Waals surface area contributed by atoms with Gasteiger partial charge in [-0.3, -0.25) is 4.79 Å². The topological polar surface area (TPSA) is 82.8 Å². The van der Waals surface area contributed by atoms with Crippen LogP contribution in [0.1, 0.15) is 19.0 Å². The van der Waals surface area contributed by atoms with Crippen LogP contribution >= 0.6 is 0 Å². The van der Waals surface area contributed by atoms with Crippen LogP contribution in [0.25, 0.3) is 0 Å². The highest BCUT2D eigenvalue weighted by Crippen LogP contribution is 2.32. The van der Waals surface area contributed by atoms with Crippen molar-refractivity contribution in [2.24, 2.45) is 5.41 Å². The molecular formula is C18H20N2O5. The molecule has 1 aliphatic heterocycles. The second kappa shape index (κ2) is 7.50. The molecule has 1 amide bonds. The second-order valence-corrected chi connectivity index (χ2v) is 5.97. The van der Waals surface area contributed by atoms with Crippen LogP contribution in [0, 0.1) is 5.41 Å². The van der Waals surface area contributed by atoms with Crippen molar-refractivity contribution in [2.45, 2.75) is 13.2 Å². The fourth-order valence-corrected chi connectivity index (χ4v) is 2.30. The Hall–Kier alpha value is -2.64. The van der Waals surface area contributed by atoms with Crippen molar-refractivity contribution >= 4 is 11.6 Å². The van der Waals surface area contributed by atoms with Crippen LogP contribution in [0.2, 0.25) is 0 Å². The van der Waals surface area contributed by atoms with E-state index < -0.39 is 11.7 Å². The van der Waals surface area contributed by atoms with Gasteiger partial charge in [0.2, 0.25) is 18.1 Å². The Morgan fingerprint density at radius 2 is 2.24 bits per heavy atom. The SMILES string of the molecule is C=CCOc1ccc(NC(=O)C2(C)COC(c3ccco3)OC2)cn1. The lowest BCUT2D eigenvalue weighted by Gasteiger charge is -2.35. The van der Waals surface area contributed by atoms with E-state index in [4.69, 9.17) is 18.6 Å². The maximum absolute atomic E-state index is 12.6. The number of anilines is 1. The van der Waals surface area contributed by atoms with Crippen molar-refractivity contribution in [1.29, 1.82) is 0 Å². The van der Waals surface area contributed by atoms with Crippen LogP contribution in [0.5, 0.6) is 5.88 Å². The van der Waals surface area contributed by atoms with E-state index >= 15 is 0 Å². The molecule has 7 heteroatoms. The fourth-order valence-electron chi connectivity index (χ4n) is 2.30. The molecule has 0 atom stereocenters. The molecule has 0 spiro atoms. The molecule has 0 saturated carbocycles. The van der Waals surface area contributed by atoms with Crippen LogP contribution in [0.4, 0.5) is 5.69 Å². The van der Waals surface area contributed by atoms with Gasteiger partial charge in [0.1, 0.15) is 6.61 Å². The van der Waals surface area contributed by atoms with Gasteiger partial charge in [-0.1, -0.05) is 12.7 Å². The maximum atomic E-state index is 12.6. The number of carbonyl (C=O) groups is 1. The minimum absolute atomic E-state index is 0.202. The highest BCUT2D eigenvalue weighted by atomic mass is 16.7. The smallest absolute Gasteiger partial charge is 0.235 e. The molecule has 0 unspecified atom stereocenters. The van der Waals surface area contributed by atoms with Gasteiger partial charge in [0.25, 0.3) is 0 Å². The number of hydrogen-bond donors (Lipinski definition) is 1. The van der Waals surface area contributed by atoms with Gasteiger partial charge in [0.15, 0.2) is 5.76 Å². The van der Waals surface area contributed by atoms with Gasteiger partial charge in [0, 0.05) is 6.07 Å². The Bertz CT molecular complexity index is 704. The lowest BCUT2D eigenvalue weighted by molar-refractivity contribution is -0.232. The molecule has 0 aromatic carbocycles. The number of nitrogens with one attached hydrogen (secondary N) is 1. The van der Waals surface area contributed by atoms with Crippen molar-refractivity contribution < 1.29 is 23.4 Å². The lowest BCUT2D eigenvalue weighted by atomic mass is 9.91. The standard InChI is InChI=1S/C18H20N2O5/c1-3-8-23-15-7-6-13(10-19-15)20-17(21)18(2)11-24-16(25-12-18)14-5-4-9-22-14/h3-7,9-10,16H,1,8,11-12H2,2H3,(H,20,21). The molecule has 2 aromatic heterocycles. The number of hydrogen-bond acceptors (Lipinski definition) is 6. The van der Waals surface area contributed by atoms with Gasteiger partial charge in [-0.15, -0.1) is 0 Å². The number of pyridine rings is 1. The molecule has 7 nitrogen and oxygen atoms in total. The number of furan rings is 1. The summed E-state index contributed by atoms with van der Waals surface area (Å²) in [6, 6.07) is 6.94. The largest absolute Gasteiger partial charge is 0.473 e. The maximum Gasteiger partial charge on any atom is 0.235 e. The number of nitrogens with zero attached hydrogens (tertiary/aromatic N) is 1. The molecule has 132 valence electrons. The number of rotatable bonds is 6. The average molecular weight is 344 g/mol. The summed E-state index contributed by atoms with van der Waals surface area (Å²) >= 11 is 0. The first-order chi connectivity index (χ1) is 12.1. The molecule has 2 aromatic rings. The van der Waals surface area contributed by atoms with Crippen LogP contribution in [0.3, 0.4) is 0 Å². The molecule has 1 aliphatic rings. The zero-order valence-corrected chi connectivity index (χ0v) is 13.9. The summed E-state index contributed by atoms with van der Waals surface area (Å²) in [5.41, 5.74) is -0.230. The van der Waals surface area contributed by atoms with E-state index in [1.807, 2.05) is 0 Å². The molecule has 0 bridgehead atoms. The van der Waals surface area contributed by atoms with Crippen molar-refractivity contribution in [3.8, 4) is 5.88 Å². The van der Waals surface area contributed by atoms with E-state index in [-0.39, 0.29) is 19.1 Å². The number of aromatic nitrogens is 1. The number of carbonyl (C=O) groups excluding carboxylic acids is 1. The van der Waals surface area contributed by atoms with E-state index in [2.05, 4.69) is 16.9 Å². The molecular weight excluding hydrogens is 324 g/mol. The van der Waals surface area contributed by atoms with E-state index in [0.29, 0.717) is 23.9 Å². The third-order valence-electron chi connectivity index (χ3n) is 3.77. The highest BCUT2D eigenvalue weighted by molar-refractivity contribution is 5.95. The minimum atomic E-state index is -0.804. The van der Waals surface area contributed by atoms with Gasteiger partial charge in [-0.2, -0.15) is 0 Å². The summed E-state index contributed by atoms with van der Waals surface area (Å²) in [7, 11) is 0. The second-order valence-electron chi connectivity index (χ2n) is 5.97. The Morgan fingerprint density at radius 1 is 1.44 bits per heavy atom. The summed E-state index contributed by atoms with van der Waals surface area (Å²) in [5, 5.41) is 2.82. The van der Waals surface area contributed by atoms with E-state index in [1.54, 1.807) is 43.5 Å². The lowest BCUT2D eigenvalue weighted by Crippen LogP contribution is -2.45. The van der Waals surface area contributed by atoms with Crippen molar-refractivity contribution in [3.05, 3.63) is 55.1 Å². The third kappa shape index (κ3) is 4.07. The Kier molecular flexibility index (Phi) is 5.16. The molecule has 0 radical (unpaired) electrons. The first-order valence-corrected chi connectivity index (χ1v) is 7.88. The highest BCUT2D eigenvalue weighted by Gasteiger charge is 2.40. The number of ether oxygens (including phenoxy) is 3. The van der Waals surface area contributed by atoms with Gasteiger partial charge in [0.05, 0.1) is 36.8 Å². The molecule has 1 saturated heterocycles. The monoisotopic (exact) mass is 344 g/mol. The molecule has 1 fully saturated rings. The Labute approximate surface area is 145 Å². The normalized spacial score (nSPS) is 23.0. The summed E-state index contributed by atoms with van der Waals surface area (Å²) in [6.45, 7) is 6.18. The minimum Gasteiger partial charge on any atom is -0.473 e. The van der Waals surface area contributed by atoms with Crippen molar-refractivity contribution in [1.82, 2.24) is 4.98 Å². The molecule has 3 heterocycles. The molecule has 1 N–H and O–H groups in total. The van der Waals surface area contributed by atoms with Crippen LogP contribution < -0.4 is 10.1 Å². The van der Waals surface area contributed by atoms with Crippen molar-refractivity contribution in [2.75, 3.05) is 25.1 Å². The zero-order chi connectivity index (χ0) is 17.7. The van der Waals surface area contributed by atoms with Crippen LogP contribution in [0.15, 0.2) is 53.8 Å². The first-order valence-electron chi connectivity index (χ1n) is 7.88. The summed E-state index contributed by atoms with van der Waals surface area (Å²) in [4.78, 5) is 16.7. The predicted molar refractivity (Wildman–Crippen MR) is 90.0 cm³/mol.